The molecule has 0 saturated heterocycles. The summed E-state index contributed by atoms with van der Waals surface area (Å²) in [6, 6.07) is 13.3. The van der Waals surface area contributed by atoms with Crippen molar-refractivity contribution >= 4 is 5.65 Å². The summed E-state index contributed by atoms with van der Waals surface area (Å²) in [5.41, 5.74) is 2.89. The first-order chi connectivity index (χ1) is 12.2. The lowest BCUT2D eigenvalue weighted by atomic mass is 10.1. The minimum absolute atomic E-state index is 0.152. The zero-order valence-corrected chi connectivity index (χ0v) is 13.7. The molecule has 0 radical (unpaired) electrons. The number of imidazole rings is 1. The lowest BCUT2D eigenvalue weighted by Gasteiger charge is -2.06. The molecule has 0 atom stereocenters. The van der Waals surface area contributed by atoms with Crippen LogP contribution in [0.1, 0.15) is 5.69 Å². The normalized spacial score (nSPS) is 10.9. The van der Waals surface area contributed by atoms with E-state index in [0.29, 0.717) is 17.9 Å². The lowest BCUT2D eigenvalue weighted by Crippen LogP contribution is -2.23. The van der Waals surface area contributed by atoms with Crippen molar-refractivity contribution in [3.63, 3.8) is 0 Å². The number of fused-ring (bicyclic) bond motifs is 1. The highest BCUT2D eigenvalue weighted by Crippen LogP contribution is 2.22. The Labute approximate surface area is 144 Å². The maximum absolute atomic E-state index is 12.4. The number of rotatable bonds is 4. The first kappa shape index (κ1) is 15.1. The van der Waals surface area contributed by atoms with Gasteiger partial charge in [0.1, 0.15) is 12.4 Å². The Kier molecular flexibility index (Phi) is 3.78. The zero-order valence-electron chi connectivity index (χ0n) is 13.7. The third kappa shape index (κ3) is 2.89. The van der Waals surface area contributed by atoms with Crippen LogP contribution in [0.2, 0.25) is 0 Å². The Morgan fingerprint density at radius 1 is 1.08 bits per heavy atom. The van der Waals surface area contributed by atoms with Gasteiger partial charge in [-0.3, -0.25) is 9.38 Å². The molecule has 0 fully saturated rings. The fourth-order valence-corrected chi connectivity index (χ4v) is 2.71. The number of aryl methyl sites for hydroxylation is 1. The molecule has 0 bridgehead atoms. The predicted molar refractivity (Wildman–Crippen MR) is 94.4 cm³/mol. The van der Waals surface area contributed by atoms with E-state index >= 15 is 0 Å². The smallest absolute Gasteiger partial charge is 0.333 e. The zero-order chi connectivity index (χ0) is 17.2. The Bertz CT molecular complexity index is 1070. The van der Waals surface area contributed by atoms with Gasteiger partial charge in [0.15, 0.2) is 5.65 Å². The van der Waals surface area contributed by atoms with Gasteiger partial charge < -0.3 is 9.30 Å². The fraction of sp³-hybridized carbons (Fsp3) is 0.105. The van der Waals surface area contributed by atoms with Crippen LogP contribution in [0.4, 0.5) is 0 Å². The molecule has 6 nitrogen and oxygen atoms in total. The third-order valence-corrected chi connectivity index (χ3v) is 3.93. The second-order valence-corrected chi connectivity index (χ2v) is 5.71. The van der Waals surface area contributed by atoms with Crippen molar-refractivity contribution in [3.05, 3.63) is 83.4 Å². The Morgan fingerprint density at radius 2 is 1.92 bits per heavy atom. The van der Waals surface area contributed by atoms with Crippen LogP contribution < -0.4 is 10.4 Å². The highest BCUT2D eigenvalue weighted by molar-refractivity contribution is 5.76. The van der Waals surface area contributed by atoms with E-state index in [0.717, 1.165) is 16.9 Å². The summed E-state index contributed by atoms with van der Waals surface area (Å²) in [4.78, 5) is 21.2. The van der Waals surface area contributed by atoms with Gasteiger partial charge in [-0.2, -0.15) is 0 Å². The second kappa shape index (κ2) is 6.24. The predicted octanol–water partition coefficient (Wildman–Crippen LogP) is 2.67. The van der Waals surface area contributed by atoms with Gasteiger partial charge >= 0.3 is 5.69 Å². The lowest BCUT2D eigenvalue weighted by molar-refractivity contribution is 0.302. The largest absolute Gasteiger partial charge is 0.487 e. The number of aromatic nitrogens is 4. The number of pyridine rings is 1. The van der Waals surface area contributed by atoms with Crippen LogP contribution in [0.15, 0.2) is 72.0 Å². The van der Waals surface area contributed by atoms with E-state index in [1.807, 2.05) is 42.5 Å². The summed E-state index contributed by atoms with van der Waals surface area (Å²) in [7, 11) is 1.72. The van der Waals surface area contributed by atoms with Crippen LogP contribution in [0.25, 0.3) is 16.8 Å². The molecule has 0 aliphatic carbocycles. The number of para-hydroxylation sites is 1. The summed E-state index contributed by atoms with van der Waals surface area (Å²) in [5.74, 6) is 0.764. The maximum atomic E-state index is 12.4. The molecule has 0 N–H and O–H groups in total. The molecule has 3 aromatic heterocycles. The molecule has 0 aliphatic heterocycles. The van der Waals surface area contributed by atoms with Crippen LogP contribution in [0.5, 0.6) is 5.75 Å². The molecule has 0 unspecified atom stereocenters. The summed E-state index contributed by atoms with van der Waals surface area (Å²) in [5, 5.41) is 0. The topological polar surface area (TPSA) is 61.4 Å². The van der Waals surface area contributed by atoms with E-state index in [1.54, 1.807) is 40.8 Å². The van der Waals surface area contributed by atoms with Crippen molar-refractivity contribution < 1.29 is 4.74 Å². The molecule has 4 aromatic rings. The number of hydrogen-bond donors (Lipinski definition) is 0. The number of nitrogens with zero attached hydrogens (tertiary/aromatic N) is 4. The van der Waals surface area contributed by atoms with Crippen molar-refractivity contribution in [1.82, 2.24) is 18.9 Å². The average Bonchev–Trinajstić information content (AvgIpc) is 3.09. The summed E-state index contributed by atoms with van der Waals surface area (Å²) in [6.45, 7) is 0.293. The average molecular weight is 332 g/mol. The Morgan fingerprint density at radius 3 is 2.68 bits per heavy atom. The van der Waals surface area contributed by atoms with Crippen LogP contribution in [0, 0.1) is 0 Å². The highest BCUT2D eigenvalue weighted by atomic mass is 16.5. The molecule has 6 heteroatoms. The number of hydrogen-bond acceptors (Lipinski definition) is 4. The molecule has 1 aromatic carbocycles. The second-order valence-electron chi connectivity index (χ2n) is 5.71. The Balaban J connectivity index is 1.76. The van der Waals surface area contributed by atoms with Gasteiger partial charge in [-0.15, -0.1) is 0 Å². The first-order valence-corrected chi connectivity index (χ1v) is 7.88. The molecule has 4 rings (SSSR count). The van der Waals surface area contributed by atoms with Gasteiger partial charge in [0, 0.05) is 43.0 Å². The fourth-order valence-electron chi connectivity index (χ4n) is 2.71. The quantitative estimate of drug-likeness (QED) is 0.576. The van der Waals surface area contributed by atoms with Crippen LogP contribution in [-0.4, -0.2) is 18.9 Å². The standard InChI is InChI=1S/C19H16N4O2/c1-22-12-17(14-6-5-9-20-10-14)18-21-15(11-23(18)19(22)24)13-25-16-7-3-2-4-8-16/h2-12H,13H2,1H3. The number of benzene rings is 1. The minimum Gasteiger partial charge on any atom is -0.487 e. The van der Waals surface area contributed by atoms with Crippen molar-refractivity contribution in [2.75, 3.05) is 0 Å². The molecule has 124 valence electrons. The van der Waals surface area contributed by atoms with E-state index < -0.39 is 0 Å². The molecular weight excluding hydrogens is 316 g/mol. The van der Waals surface area contributed by atoms with Crippen molar-refractivity contribution in [1.29, 1.82) is 0 Å². The van der Waals surface area contributed by atoms with Gasteiger partial charge in [0.05, 0.1) is 5.69 Å². The Hall–Kier alpha value is -3.41. The van der Waals surface area contributed by atoms with Crippen molar-refractivity contribution in [3.8, 4) is 16.9 Å². The molecule has 0 saturated carbocycles. The summed E-state index contributed by atoms with van der Waals surface area (Å²) >= 11 is 0. The van der Waals surface area contributed by atoms with E-state index in [2.05, 4.69) is 9.97 Å². The summed E-state index contributed by atoms with van der Waals surface area (Å²) in [6.07, 6.45) is 6.98. The van der Waals surface area contributed by atoms with Crippen LogP contribution >= 0.6 is 0 Å². The third-order valence-electron chi connectivity index (χ3n) is 3.93. The van der Waals surface area contributed by atoms with Crippen molar-refractivity contribution in [2.45, 2.75) is 6.61 Å². The molecule has 0 aliphatic rings. The molecular formula is C19H16N4O2. The maximum Gasteiger partial charge on any atom is 0.333 e. The van der Waals surface area contributed by atoms with Gasteiger partial charge in [-0.25, -0.2) is 9.78 Å². The molecule has 3 heterocycles. The molecule has 25 heavy (non-hydrogen) atoms. The van der Waals surface area contributed by atoms with E-state index in [-0.39, 0.29) is 5.69 Å². The molecule has 0 amide bonds. The monoisotopic (exact) mass is 332 g/mol. The SMILES string of the molecule is Cn1cc(-c2cccnc2)c2nc(COc3ccccc3)cn2c1=O. The van der Waals surface area contributed by atoms with Gasteiger partial charge in [-0.1, -0.05) is 24.3 Å². The van der Waals surface area contributed by atoms with Crippen LogP contribution in [-0.2, 0) is 13.7 Å². The summed E-state index contributed by atoms with van der Waals surface area (Å²) < 4.78 is 8.83. The molecule has 0 spiro atoms. The van der Waals surface area contributed by atoms with E-state index in [9.17, 15) is 4.79 Å². The van der Waals surface area contributed by atoms with Gasteiger partial charge in [0.25, 0.3) is 0 Å². The van der Waals surface area contributed by atoms with E-state index in [1.165, 1.54) is 0 Å². The minimum atomic E-state index is -0.152. The van der Waals surface area contributed by atoms with Gasteiger partial charge in [-0.05, 0) is 18.2 Å². The highest BCUT2D eigenvalue weighted by Gasteiger charge is 2.13. The van der Waals surface area contributed by atoms with Crippen LogP contribution in [0.3, 0.4) is 0 Å². The first-order valence-electron chi connectivity index (χ1n) is 7.88. The van der Waals surface area contributed by atoms with Gasteiger partial charge in [0.2, 0.25) is 0 Å². The van der Waals surface area contributed by atoms with E-state index in [4.69, 9.17) is 4.74 Å². The number of ether oxygens (including phenoxy) is 1. The van der Waals surface area contributed by atoms with Crippen molar-refractivity contribution in [2.24, 2.45) is 7.05 Å².